The Morgan fingerprint density at radius 1 is 0.917 bits per heavy atom. The maximum Gasteiger partial charge on any atom is 0.233 e. The maximum atomic E-state index is 12.2. The lowest BCUT2D eigenvalue weighted by atomic mass is 10.2. The van der Waals surface area contributed by atoms with Crippen LogP contribution in [0.3, 0.4) is 0 Å². The van der Waals surface area contributed by atoms with Gasteiger partial charge in [0, 0.05) is 67.0 Å². The molecule has 0 aliphatic carbocycles. The molecule has 1 saturated heterocycles. The Kier molecular flexibility index (Phi) is 9.72. The molecule has 1 aliphatic rings. The van der Waals surface area contributed by atoms with Crippen molar-refractivity contribution in [3.63, 3.8) is 0 Å². The second-order valence-electron chi connectivity index (χ2n) is 8.99. The third-order valence-electron chi connectivity index (χ3n) is 6.33. The molecule has 0 unspecified atom stereocenters. The van der Waals surface area contributed by atoms with Crippen LogP contribution in [0.5, 0.6) is 0 Å². The van der Waals surface area contributed by atoms with Gasteiger partial charge in [0.25, 0.3) is 0 Å². The first kappa shape index (κ1) is 26.6. The molecule has 7 nitrogen and oxygen atoms in total. The van der Waals surface area contributed by atoms with Gasteiger partial charge in [0.1, 0.15) is 0 Å². The fraction of sp³-hybridized carbons (Fsp3) is 0.370. The zero-order valence-electron chi connectivity index (χ0n) is 20.4. The fourth-order valence-electron chi connectivity index (χ4n) is 4.34. The van der Waals surface area contributed by atoms with E-state index in [-0.39, 0.29) is 0 Å². The molecule has 2 aromatic carbocycles. The van der Waals surface area contributed by atoms with Crippen LogP contribution in [0.4, 0.5) is 5.69 Å². The molecule has 0 radical (unpaired) electrons. The summed E-state index contributed by atoms with van der Waals surface area (Å²) in [6.45, 7) is 7.44. The number of benzene rings is 2. The van der Waals surface area contributed by atoms with Gasteiger partial charge in [-0.3, -0.25) is 4.98 Å². The number of halogens is 1. The van der Waals surface area contributed by atoms with Crippen molar-refractivity contribution >= 4 is 44.3 Å². The Morgan fingerprint density at radius 3 is 2.33 bits per heavy atom. The second kappa shape index (κ2) is 13.2. The molecule has 1 aromatic heterocycles. The minimum Gasteiger partial charge on any atom is -0.384 e. The summed E-state index contributed by atoms with van der Waals surface area (Å²) >= 11 is 6.08. The lowest BCUT2D eigenvalue weighted by Gasteiger charge is -2.34. The fourth-order valence-corrected chi connectivity index (χ4v) is 5.36. The van der Waals surface area contributed by atoms with E-state index in [9.17, 15) is 8.42 Å². The number of nitrogens with zero attached hydrogens (tertiary/aromatic N) is 3. The Balaban J connectivity index is 1.09. The van der Waals surface area contributed by atoms with E-state index in [1.54, 1.807) is 6.08 Å². The highest BCUT2D eigenvalue weighted by molar-refractivity contribution is 7.92. The molecular weight excluding hydrogens is 494 g/mol. The lowest BCUT2D eigenvalue weighted by molar-refractivity contribution is 0.131. The highest BCUT2D eigenvalue weighted by Crippen LogP contribution is 2.24. The Hall–Kier alpha value is -2.49. The van der Waals surface area contributed by atoms with Crippen LogP contribution in [0.25, 0.3) is 17.0 Å². The van der Waals surface area contributed by atoms with Crippen molar-refractivity contribution in [3.05, 3.63) is 76.8 Å². The molecule has 2 heterocycles. The smallest absolute Gasteiger partial charge is 0.233 e. The first-order chi connectivity index (χ1) is 17.5. The second-order valence-corrected chi connectivity index (χ2v) is 11.1. The summed E-state index contributed by atoms with van der Waals surface area (Å²) in [5.74, 6) is 0. The van der Waals surface area contributed by atoms with Crippen molar-refractivity contribution in [1.82, 2.24) is 19.5 Å². The van der Waals surface area contributed by atoms with Gasteiger partial charge in [0.2, 0.25) is 10.0 Å². The summed E-state index contributed by atoms with van der Waals surface area (Å²) in [4.78, 5) is 9.31. The maximum absolute atomic E-state index is 12.2. The molecule has 0 bridgehead atoms. The normalized spacial score (nSPS) is 15.6. The minimum atomic E-state index is -3.41. The summed E-state index contributed by atoms with van der Waals surface area (Å²) < 4.78 is 27.0. The molecule has 36 heavy (non-hydrogen) atoms. The molecule has 0 amide bonds. The van der Waals surface area contributed by atoms with Crippen molar-refractivity contribution < 1.29 is 8.42 Å². The lowest BCUT2D eigenvalue weighted by Crippen LogP contribution is -2.47. The number of nitrogens with one attached hydrogen (secondary N) is 2. The quantitative estimate of drug-likeness (QED) is 0.342. The highest BCUT2D eigenvalue weighted by Gasteiger charge is 2.16. The predicted molar refractivity (Wildman–Crippen MR) is 150 cm³/mol. The minimum absolute atomic E-state index is 0.448. The van der Waals surface area contributed by atoms with E-state index in [2.05, 4.69) is 24.8 Å². The molecule has 3 aromatic rings. The topological polar surface area (TPSA) is 77.6 Å². The van der Waals surface area contributed by atoms with Crippen molar-refractivity contribution in [1.29, 1.82) is 0 Å². The number of fused-ring (bicyclic) bond motifs is 1. The van der Waals surface area contributed by atoms with E-state index in [1.807, 2.05) is 60.8 Å². The van der Waals surface area contributed by atoms with Gasteiger partial charge in [-0.05, 0) is 61.8 Å². The Labute approximate surface area is 219 Å². The molecule has 2 N–H and O–H groups in total. The van der Waals surface area contributed by atoms with Gasteiger partial charge in [0.05, 0.1) is 5.52 Å². The van der Waals surface area contributed by atoms with Gasteiger partial charge >= 0.3 is 0 Å². The van der Waals surface area contributed by atoms with Crippen LogP contribution in [0.2, 0.25) is 5.02 Å². The monoisotopic (exact) mass is 527 g/mol. The number of aromatic nitrogens is 1. The zero-order valence-corrected chi connectivity index (χ0v) is 22.0. The highest BCUT2D eigenvalue weighted by atomic mass is 35.5. The molecule has 1 fully saturated rings. The van der Waals surface area contributed by atoms with Crippen molar-refractivity contribution in [2.24, 2.45) is 0 Å². The number of sulfonamides is 1. The first-order valence-electron chi connectivity index (χ1n) is 12.4. The van der Waals surface area contributed by atoms with Crippen molar-refractivity contribution in [2.45, 2.75) is 12.8 Å². The zero-order chi connectivity index (χ0) is 25.2. The third kappa shape index (κ3) is 8.28. The van der Waals surface area contributed by atoms with Crippen LogP contribution in [-0.2, 0) is 10.0 Å². The Bertz CT molecular complexity index is 1250. The van der Waals surface area contributed by atoms with E-state index in [1.165, 1.54) is 5.41 Å². The molecule has 9 heteroatoms. The van der Waals surface area contributed by atoms with Gasteiger partial charge in [-0.2, -0.15) is 0 Å². The largest absolute Gasteiger partial charge is 0.384 e. The molecule has 1 aliphatic heterocycles. The average molecular weight is 528 g/mol. The van der Waals surface area contributed by atoms with E-state index in [4.69, 9.17) is 11.6 Å². The number of anilines is 1. The number of pyridine rings is 1. The van der Waals surface area contributed by atoms with Gasteiger partial charge in [0.15, 0.2) is 0 Å². The van der Waals surface area contributed by atoms with Crippen LogP contribution in [0.15, 0.2) is 66.2 Å². The number of hydrogen-bond acceptors (Lipinski definition) is 6. The van der Waals surface area contributed by atoms with Crippen LogP contribution in [-0.4, -0.2) is 75.6 Å². The molecule has 0 atom stereocenters. The van der Waals surface area contributed by atoms with Crippen molar-refractivity contribution in [3.8, 4) is 0 Å². The van der Waals surface area contributed by atoms with E-state index >= 15 is 0 Å². The average Bonchev–Trinajstić information content (AvgIpc) is 2.89. The van der Waals surface area contributed by atoms with Gasteiger partial charge in [-0.15, -0.1) is 0 Å². The van der Waals surface area contributed by atoms with Gasteiger partial charge < -0.3 is 15.1 Å². The van der Waals surface area contributed by atoms with Crippen LogP contribution in [0.1, 0.15) is 18.4 Å². The van der Waals surface area contributed by atoms with Gasteiger partial charge in [-0.1, -0.05) is 41.9 Å². The van der Waals surface area contributed by atoms with Crippen LogP contribution < -0.4 is 10.0 Å². The summed E-state index contributed by atoms with van der Waals surface area (Å²) in [5, 5.41) is 6.56. The first-order valence-corrected chi connectivity index (χ1v) is 14.4. The SMILES string of the molecule is O=S(=O)(/C=C/c1ccccc1)NCCCN1CCN(CCCNc2ccnc3cc(Cl)ccc23)CC1. The number of rotatable bonds is 12. The summed E-state index contributed by atoms with van der Waals surface area (Å²) in [5.41, 5.74) is 2.86. The summed E-state index contributed by atoms with van der Waals surface area (Å²) in [7, 11) is -3.41. The van der Waals surface area contributed by atoms with E-state index in [0.717, 1.165) is 80.8 Å². The molecule has 0 spiro atoms. The van der Waals surface area contributed by atoms with Crippen LogP contribution >= 0.6 is 11.6 Å². The molecule has 192 valence electrons. The summed E-state index contributed by atoms with van der Waals surface area (Å²) in [6, 6.07) is 17.2. The van der Waals surface area contributed by atoms with E-state index in [0.29, 0.717) is 11.6 Å². The standard InChI is InChI=1S/C27H34ClN5O2S/c28-24-8-9-25-26(10-14-30-27(25)22-24)29-12-4-15-32-17-19-33(20-18-32)16-5-13-31-36(34,35)21-11-23-6-2-1-3-7-23/h1-3,6-11,14,21-22,31H,4-5,12-13,15-20H2,(H,29,30)/b21-11+. The third-order valence-corrected chi connectivity index (χ3v) is 7.67. The number of piperazine rings is 1. The van der Waals surface area contributed by atoms with E-state index < -0.39 is 10.0 Å². The molecular formula is C27H34ClN5O2S. The summed E-state index contributed by atoms with van der Waals surface area (Å²) in [6.07, 6.45) is 5.29. The molecule has 0 saturated carbocycles. The molecule has 4 rings (SSSR count). The van der Waals surface area contributed by atoms with Crippen LogP contribution in [0, 0.1) is 0 Å². The Morgan fingerprint density at radius 2 is 1.61 bits per heavy atom. The number of hydrogen-bond donors (Lipinski definition) is 2. The van der Waals surface area contributed by atoms with Gasteiger partial charge in [-0.25, -0.2) is 13.1 Å². The van der Waals surface area contributed by atoms with Crippen molar-refractivity contribution in [2.75, 3.05) is 57.7 Å². The predicted octanol–water partition coefficient (Wildman–Crippen LogP) is 4.29.